The number of rotatable bonds is 6. The van der Waals surface area contributed by atoms with Crippen LogP contribution < -0.4 is 4.74 Å². The van der Waals surface area contributed by atoms with Crippen LogP contribution in [0.25, 0.3) is 10.9 Å². The average Bonchev–Trinajstić information content (AvgIpc) is 2.71. The van der Waals surface area contributed by atoms with Crippen LogP contribution in [-0.4, -0.2) is 33.0 Å². The van der Waals surface area contributed by atoms with Crippen molar-refractivity contribution in [2.24, 2.45) is 0 Å². The third-order valence-corrected chi connectivity index (χ3v) is 5.30. The number of aromatic nitrogens is 1. The normalized spacial score (nSPS) is 17.0. The van der Waals surface area contributed by atoms with Crippen LogP contribution in [-0.2, 0) is 17.8 Å². The molecule has 0 spiro atoms. The first-order valence-electron chi connectivity index (χ1n) is 9.59. The van der Waals surface area contributed by atoms with Gasteiger partial charge in [0.25, 0.3) is 0 Å². The number of nitrogens with zero attached hydrogens (tertiary/aromatic N) is 1. The number of carboxylic acids is 1. The highest BCUT2D eigenvalue weighted by atomic mass is 16.5. The summed E-state index contributed by atoms with van der Waals surface area (Å²) in [6.45, 7) is 0.338. The van der Waals surface area contributed by atoms with Crippen molar-refractivity contribution in [1.82, 2.24) is 4.98 Å². The maximum atomic E-state index is 11.0. The lowest BCUT2D eigenvalue weighted by molar-refractivity contribution is -0.139. The summed E-state index contributed by atoms with van der Waals surface area (Å²) in [4.78, 5) is 15.6. The van der Waals surface area contributed by atoms with E-state index in [1.807, 2.05) is 48.5 Å². The fourth-order valence-electron chi connectivity index (χ4n) is 3.89. The Morgan fingerprint density at radius 2 is 2.00 bits per heavy atom. The van der Waals surface area contributed by atoms with Gasteiger partial charge in [0.15, 0.2) is 0 Å². The topological polar surface area (TPSA) is 104 Å². The van der Waals surface area contributed by atoms with E-state index in [0.29, 0.717) is 30.9 Å². The molecule has 4 rings (SSSR count). The number of carboxylic acid groups (broad SMARTS) is 1. The Morgan fingerprint density at radius 1 is 1.17 bits per heavy atom. The molecule has 2 aromatic carbocycles. The molecule has 1 aromatic heterocycles. The molecule has 0 aliphatic heterocycles. The number of hydrogen-bond acceptors (Lipinski definition) is 5. The van der Waals surface area contributed by atoms with Gasteiger partial charge in [-0.15, -0.1) is 0 Å². The molecule has 1 aliphatic rings. The number of benzene rings is 2. The minimum Gasteiger partial charge on any atom is -0.487 e. The molecule has 0 amide bonds. The second kappa shape index (κ2) is 8.01. The number of fused-ring (bicyclic) bond motifs is 2. The van der Waals surface area contributed by atoms with Crippen LogP contribution in [0.15, 0.2) is 54.6 Å². The first kappa shape index (κ1) is 19.1. The Morgan fingerprint density at radius 3 is 2.83 bits per heavy atom. The second-order valence-corrected chi connectivity index (χ2v) is 7.31. The molecule has 0 radical (unpaired) electrons. The summed E-state index contributed by atoms with van der Waals surface area (Å²) in [6.07, 6.45) is -0.300. The Labute approximate surface area is 168 Å². The molecule has 3 N–H and O–H groups in total. The van der Waals surface area contributed by atoms with Gasteiger partial charge in [0.1, 0.15) is 12.4 Å². The van der Waals surface area contributed by atoms with Crippen molar-refractivity contribution < 1.29 is 19.7 Å². The van der Waals surface area contributed by atoms with E-state index in [9.17, 15) is 9.90 Å². The molecule has 0 bridgehead atoms. The largest absolute Gasteiger partial charge is 0.487 e. The molecule has 2 unspecified atom stereocenters. The molecule has 1 aliphatic carbocycles. The molecule has 6 heteroatoms. The Balaban J connectivity index is 1.51. The van der Waals surface area contributed by atoms with E-state index in [2.05, 4.69) is 4.98 Å². The molecule has 6 nitrogen and oxygen atoms in total. The maximum Gasteiger partial charge on any atom is 0.306 e. The van der Waals surface area contributed by atoms with Gasteiger partial charge >= 0.3 is 5.97 Å². The molecule has 1 heterocycles. The van der Waals surface area contributed by atoms with E-state index in [0.717, 1.165) is 27.7 Å². The molecule has 0 fully saturated rings. The second-order valence-electron chi connectivity index (χ2n) is 7.31. The van der Waals surface area contributed by atoms with Crippen molar-refractivity contribution in [1.29, 1.82) is 5.41 Å². The van der Waals surface area contributed by atoms with Crippen LogP contribution >= 0.6 is 0 Å². The number of aliphatic hydroxyl groups excluding tert-OH is 1. The molecule has 29 heavy (non-hydrogen) atoms. The zero-order valence-electron chi connectivity index (χ0n) is 15.8. The molecular weight excluding hydrogens is 368 g/mol. The summed E-state index contributed by atoms with van der Waals surface area (Å²) in [5.41, 5.74) is 3.93. The van der Waals surface area contributed by atoms with E-state index in [-0.39, 0.29) is 6.42 Å². The van der Waals surface area contributed by atoms with E-state index >= 15 is 0 Å². The predicted octanol–water partition coefficient (Wildman–Crippen LogP) is 3.70. The monoisotopic (exact) mass is 390 g/mol. The smallest absolute Gasteiger partial charge is 0.306 e. The third-order valence-electron chi connectivity index (χ3n) is 5.30. The van der Waals surface area contributed by atoms with Crippen LogP contribution in [0.3, 0.4) is 0 Å². The number of pyridine rings is 1. The first-order chi connectivity index (χ1) is 14.0. The predicted molar refractivity (Wildman–Crippen MR) is 110 cm³/mol. The van der Waals surface area contributed by atoms with Gasteiger partial charge in [-0.1, -0.05) is 30.3 Å². The molecular formula is C23H22N2O4. The van der Waals surface area contributed by atoms with Gasteiger partial charge in [0.2, 0.25) is 0 Å². The van der Waals surface area contributed by atoms with Crippen LogP contribution in [0.5, 0.6) is 5.75 Å². The molecule has 0 saturated heterocycles. The van der Waals surface area contributed by atoms with Gasteiger partial charge in [0, 0.05) is 17.0 Å². The summed E-state index contributed by atoms with van der Waals surface area (Å²) < 4.78 is 5.92. The van der Waals surface area contributed by atoms with Crippen molar-refractivity contribution in [3.8, 4) is 5.75 Å². The number of aryl methyl sites for hydroxylation is 1. The van der Waals surface area contributed by atoms with Crippen LogP contribution in [0, 0.1) is 5.41 Å². The van der Waals surface area contributed by atoms with Crippen molar-refractivity contribution in [3.63, 3.8) is 0 Å². The molecule has 148 valence electrons. The number of hydrogen-bond donors (Lipinski definition) is 3. The Hall–Kier alpha value is -3.25. The van der Waals surface area contributed by atoms with E-state index in [1.165, 1.54) is 0 Å². The first-order valence-corrected chi connectivity index (χ1v) is 9.59. The minimum absolute atomic E-state index is 0.338. The van der Waals surface area contributed by atoms with Gasteiger partial charge in [-0.3, -0.25) is 4.79 Å². The lowest BCUT2D eigenvalue weighted by Crippen LogP contribution is -2.31. The Kier molecular flexibility index (Phi) is 5.27. The zero-order chi connectivity index (χ0) is 20.4. The zero-order valence-corrected chi connectivity index (χ0v) is 15.8. The maximum absolute atomic E-state index is 11.0. The number of ether oxygens (including phenoxy) is 1. The molecule has 3 aromatic rings. The number of nitrogens with one attached hydrogen (secondary N) is 1. The van der Waals surface area contributed by atoms with Crippen LogP contribution in [0.2, 0.25) is 0 Å². The fourth-order valence-corrected chi connectivity index (χ4v) is 3.89. The highest BCUT2D eigenvalue weighted by Gasteiger charge is 2.32. The number of aliphatic hydroxyl groups is 1. The van der Waals surface area contributed by atoms with E-state index < -0.39 is 18.0 Å². The van der Waals surface area contributed by atoms with Crippen LogP contribution in [0.1, 0.15) is 35.6 Å². The highest BCUT2D eigenvalue weighted by molar-refractivity contribution is 5.91. The lowest BCUT2D eigenvalue weighted by Gasteiger charge is -2.30. The van der Waals surface area contributed by atoms with Crippen LogP contribution in [0.4, 0.5) is 0 Å². The lowest BCUT2D eigenvalue weighted by atomic mass is 9.77. The summed E-state index contributed by atoms with van der Waals surface area (Å²) in [6, 6.07) is 17.4. The standard InChI is InChI=1S/C23H22N2O4/c24-19-10-6-15-11-17(8-9-18(15)23(19)21(26)12-22(27)28)29-13-16-7-5-14-3-1-2-4-20(14)25-16/h1-5,7-9,11,21,23-24,26H,6,10,12-13H2,(H,27,28). The van der Waals surface area contributed by atoms with Crippen molar-refractivity contribution in [2.75, 3.05) is 0 Å². The quantitative estimate of drug-likeness (QED) is 0.595. The minimum atomic E-state index is -1.10. The summed E-state index contributed by atoms with van der Waals surface area (Å²) >= 11 is 0. The van der Waals surface area contributed by atoms with Crippen molar-refractivity contribution >= 4 is 22.6 Å². The number of para-hydroxylation sites is 1. The van der Waals surface area contributed by atoms with E-state index in [1.54, 1.807) is 6.07 Å². The van der Waals surface area contributed by atoms with E-state index in [4.69, 9.17) is 15.3 Å². The Bertz CT molecular complexity index is 1080. The van der Waals surface area contributed by atoms with Gasteiger partial charge in [-0.25, -0.2) is 4.98 Å². The van der Waals surface area contributed by atoms with Gasteiger partial charge in [0.05, 0.1) is 23.7 Å². The third kappa shape index (κ3) is 4.12. The number of carbonyl (C=O) groups is 1. The van der Waals surface area contributed by atoms with Crippen molar-refractivity contribution in [2.45, 2.75) is 37.9 Å². The average molecular weight is 390 g/mol. The summed E-state index contributed by atoms with van der Waals surface area (Å²) in [5.74, 6) is -0.954. The summed E-state index contributed by atoms with van der Waals surface area (Å²) in [5, 5.41) is 28.5. The fraction of sp³-hybridized carbons (Fsp3) is 0.261. The molecule has 2 atom stereocenters. The highest BCUT2D eigenvalue weighted by Crippen LogP contribution is 2.35. The summed E-state index contributed by atoms with van der Waals surface area (Å²) in [7, 11) is 0. The van der Waals surface area contributed by atoms with Gasteiger partial charge in [-0.2, -0.15) is 0 Å². The number of aliphatic carboxylic acids is 1. The SMILES string of the molecule is N=C1CCc2cc(OCc3ccc4ccccc4n3)ccc2C1C(O)CC(=O)O. The van der Waals surface area contributed by atoms with Gasteiger partial charge in [-0.05, 0) is 48.2 Å². The molecule has 0 saturated carbocycles. The van der Waals surface area contributed by atoms with Crippen molar-refractivity contribution in [3.05, 3.63) is 71.4 Å². The van der Waals surface area contributed by atoms with Gasteiger partial charge < -0.3 is 20.4 Å².